The monoisotopic (exact) mass is 228 g/mol. The maximum Gasteiger partial charge on any atom is 0.321 e. The second-order valence-corrected chi connectivity index (χ2v) is 3.57. The maximum atomic E-state index is 12.0. The van der Waals surface area contributed by atoms with Crippen molar-refractivity contribution in [3.05, 3.63) is 29.8 Å². The summed E-state index contributed by atoms with van der Waals surface area (Å²) in [4.78, 5) is 12.4. The zero-order chi connectivity index (χ0) is 12.1. The molecule has 0 fully saturated rings. The van der Waals surface area contributed by atoms with E-state index < -0.39 is 19.0 Å². The topological polar surface area (TPSA) is 32.3 Å². The van der Waals surface area contributed by atoms with Gasteiger partial charge in [-0.3, -0.25) is 0 Å². The van der Waals surface area contributed by atoms with Gasteiger partial charge in [0.1, 0.15) is 0 Å². The number of amides is 2. The largest absolute Gasteiger partial charge is 0.322 e. The van der Waals surface area contributed by atoms with Crippen LogP contribution in [-0.4, -0.2) is 30.9 Å². The Morgan fingerprint density at radius 3 is 2.75 bits per heavy atom. The highest BCUT2D eigenvalue weighted by molar-refractivity contribution is 5.89. The van der Waals surface area contributed by atoms with E-state index in [1.54, 1.807) is 18.2 Å². The number of hydrogen-bond donors (Lipinski definition) is 1. The van der Waals surface area contributed by atoms with Gasteiger partial charge in [-0.05, 0) is 24.6 Å². The van der Waals surface area contributed by atoms with Crippen molar-refractivity contribution in [3.63, 3.8) is 0 Å². The number of rotatable bonds is 3. The minimum Gasteiger partial charge on any atom is -0.322 e. The second-order valence-electron chi connectivity index (χ2n) is 3.57. The first-order valence-electron chi connectivity index (χ1n) is 4.86. The van der Waals surface area contributed by atoms with E-state index in [0.717, 1.165) is 10.5 Å². The normalized spacial score (nSPS) is 10.3. The van der Waals surface area contributed by atoms with Crippen molar-refractivity contribution in [2.75, 3.05) is 18.9 Å². The number of carbonyl (C=O) groups is 1. The van der Waals surface area contributed by atoms with E-state index in [4.69, 9.17) is 0 Å². The van der Waals surface area contributed by atoms with Crippen LogP contribution in [0.15, 0.2) is 24.3 Å². The first kappa shape index (κ1) is 12.4. The number of halogens is 2. The van der Waals surface area contributed by atoms with Gasteiger partial charge in [-0.25, -0.2) is 13.6 Å². The van der Waals surface area contributed by atoms with E-state index in [1.165, 1.54) is 7.05 Å². The third-order valence-electron chi connectivity index (χ3n) is 2.03. The summed E-state index contributed by atoms with van der Waals surface area (Å²) in [5, 5.41) is 2.54. The van der Waals surface area contributed by atoms with Gasteiger partial charge >= 0.3 is 6.03 Å². The predicted molar refractivity (Wildman–Crippen MR) is 58.8 cm³/mol. The third-order valence-corrected chi connectivity index (χ3v) is 2.03. The van der Waals surface area contributed by atoms with Crippen LogP contribution in [0.3, 0.4) is 0 Å². The van der Waals surface area contributed by atoms with Crippen LogP contribution in [0.5, 0.6) is 0 Å². The van der Waals surface area contributed by atoms with Crippen molar-refractivity contribution in [2.45, 2.75) is 13.3 Å². The third kappa shape index (κ3) is 3.84. The molecule has 0 radical (unpaired) electrons. The summed E-state index contributed by atoms with van der Waals surface area (Å²) in [7, 11) is 1.33. The van der Waals surface area contributed by atoms with Crippen molar-refractivity contribution in [2.24, 2.45) is 0 Å². The lowest BCUT2D eigenvalue weighted by atomic mass is 10.2. The second kappa shape index (κ2) is 5.44. The number of nitrogens with one attached hydrogen (secondary N) is 1. The highest BCUT2D eigenvalue weighted by Gasteiger charge is 2.13. The Bertz CT molecular complexity index is 369. The molecule has 0 aliphatic rings. The molecule has 3 nitrogen and oxygen atoms in total. The van der Waals surface area contributed by atoms with Crippen LogP contribution in [0.25, 0.3) is 0 Å². The molecule has 5 heteroatoms. The Kier molecular flexibility index (Phi) is 4.22. The van der Waals surface area contributed by atoms with Crippen molar-refractivity contribution in [1.29, 1.82) is 0 Å². The lowest BCUT2D eigenvalue weighted by molar-refractivity contribution is 0.111. The van der Waals surface area contributed by atoms with E-state index in [-0.39, 0.29) is 0 Å². The fraction of sp³-hybridized carbons (Fsp3) is 0.364. The quantitative estimate of drug-likeness (QED) is 0.847. The van der Waals surface area contributed by atoms with Gasteiger partial charge in [-0.1, -0.05) is 12.1 Å². The molecular formula is C11H14F2N2O. The summed E-state index contributed by atoms with van der Waals surface area (Å²) >= 11 is 0. The van der Waals surface area contributed by atoms with Crippen LogP contribution >= 0.6 is 0 Å². The lowest BCUT2D eigenvalue weighted by Crippen LogP contribution is -2.34. The highest BCUT2D eigenvalue weighted by Crippen LogP contribution is 2.10. The fourth-order valence-corrected chi connectivity index (χ4v) is 1.23. The molecule has 0 aliphatic carbocycles. The summed E-state index contributed by atoms with van der Waals surface area (Å²) in [5.41, 5.74) is 1.60. The van der Waals surface area contributed by atoms with Crippen LogP contribution in [-0.2, 0) is 0 Å². The van der Waals surface area contributed by atoms with Gasteiger partial charge in [0, 0.05) is 12.7 Å². The van der Waals surface area contributed by atoms with Crippen LogP contribution in [0.2, 0.25) is 0 Å². The molecule has 1 N–H and O–H groups in total. The molecule has 1 rings (SSSR count). The van der Waals surface area contributed by atoms with E-state index in [9.17, 15) is 13.6 Å². The Hall–Kier alpha value is -1.65. The van der Waals surface area contributed by atoms with E-state index >= 15 is 0 Å². The smallest absolute Gasteiger partial charge is 0.321 e. The Balaban J connectivity index is 2.57. The van der Waals surface area contributed by atoms with Gasteiger partial charge in [0.25, 0.3) is 6.43 Å². The molecule has 0 atom stereocenters. The molecule has 0 heterocycles. The van der Waals surface area contributed by atoms with Gasteiger partial charge in [0.15, 0.2) is 0 Å². The average Bonchev–Trinajstić information content (AvgIpc) is 2.16. The molecule has 88 valence electrons. The average molecular weight is 228 g/mol. The van der Waals surface area contributed by atoms with Gasteiger partial charge < -0.3 is 10.2 Å². The number of anilines is 1. The molecule has 0 spiro atoms. The van der Waals surface area contributed by atoms with Gasteiger partial charge in [-0.2, -0.15) is 0 Å². The summed E-state index contributed by atoms with van der Waals surface area (Å²) < 4.78 is 24.1. The maximum absolute atomic E-state index is 12.0. The standard InChI is InChI=1S/C11H14F2N2O/c1-8-4-3-5-9(6-8)14-11(16)15(2)7-10(12)13/h3-6,10H,7H2,1-2H3,(H,14,16). The van der Waals surface area contributed by atoms with Crippen LogP contribution in [0.4, 0.5) is 19.3 Å². The zero-order valence-corrected chi connectivity index (χ0v) is 9.21. The number of hydrogen-bond acceptors (Lipinski definition) is 1. The van der Waals surface area contributed by atoms with Crippen molar-refractivity contribution >= 4 is 11.7 Å². The first-order chi connectivity index (χ1) is 7.49. The molecule has 1 aromatic rings. The van der Waals surface area contributed by atoms with Crippen molar-refractivity contribution < 1.29 is 13.6 Å². The summed E-state index contributed by atoms with van der Waals surface area (Å²) in [6.45, 7) is 1.32. The first-order valence-corrected chi connectivity index (χ1v) is 4.86. The highest BCUT2D eigenvalue weighted by atomic mass is 19.3. The number of carbonyl (C=O) groups excluding carboxylic acids is 1. The molecule has 2 amide bonds. The van der Waals surface area contributed by atoms with Gasteiger partial charge in [-0.15, -0.1) is 0 Å². The molecule has 0 aromatic heterocycles. The van der Waals surface area contributed by atoms with E-state index in [0.29, 0.717) is 5.69 Å². The number of aryl methyl sites for hydroxylation is 1. The molecule has 0 unspecified atom stereocenters. The van der Waals surface area contributed by atoms with Gasteiger partial charge in [0.2, 0.25) is 0 Å². The number of benzene rings is 1. The molecule has 0 bridgehead atoms. The zero-order valence-electron chi connectivity index (χ0n) is 9.21. The van der Waals surface area contributed by atoms with E-state index in [1.807, 2.05) is 13.0 Å². The molecule has 1 aromatic carbocycles. The fourth-order valence-electron chi connectivity index (χ4n) is 1.23. The molecule has 0 saturated heterocycles. The number of urea groups is 1. The van der Waals surface area contributed by atoms with Crippen LogP contribution in [0.1, 0.15) is 5.56 Å². The molecule has 16 heavy (non-hydrogen) atoms. The Morgan fingerprint density at radius 2 is 2.19 bits per heavy atom. The molecular weight excluding hydrogens is 214 g/mol. The summed E-state index contributed by atoms with van der Waals surface area (Å²) in [5.74, 6) is 0. The lowest BCUT2D eigenvalue weighted by Gasteiger charge is -2.17. The van der Waals surface area contributed by atoms with E-state index in [2.05, 4.69) is 5.32 Å². The summed E-state index contributed by atoms with van der Waals surface area (Å²) in [6, 6.07) is 6.62. The molecule has 0 saturated carbocycles. The minimum absolute atomic E-state index is 0.536. The molecule has 0 aliphatic heterocycles. The SMILES string of the molecule is Cc1cccc(NC(=O)N(C)CC(F)F)c1. The van der Waals surface area contributed by atoms with Crippen molar-refractivity contribution in [1.82, 2.24) is 4.90 Å². The number of alkyl halides is 2. The van der Waals surface area contributed by atoms with Gasteiger partial charge in [0.05, 0.1) is 6.54 Å². The summed E-state index contributed by atoms with van der Waals surface area (Å²) in [6.07, 6.45) is -2.52. The van der Waals surface area contributed by atoms with Crippen LogP contribution < -0.4 is 5.32 Å². The predicted octanol–water partition coefficient (Wildman–Crippen LogP) is 2.72. The number of nitrogens with zero attached hydrogens (tertiary/aromatic N) is 1. The Morgan fingerprint density at radius 1 is 1.50 bits per heavy atom. The minimum atomic E-state index is -2.52. The Labute approximate surface area is 93.1 Å². The van der Waals surface area contributed by atoms with Crippen molar-refractivity contribution in [3.8, 4) is 0 Å². The van der Waals surface area contributed by atoms with Crippen LogP contribution in [0, 0.1) is 6.92 Å².